The molecule has 2 N–H and O–H groups in total. The SMILES string of the molecule is O=C1CCC(N2Cc3c(ccc4c3OC[C@H]3CN(CC5CCN(c6ccc([C@@H]7c8ccc(O)cc8OC[C@@H]7c7ccccc7)cn6)CC5)CCN43)C2=O)C(=O)N1. The van der Waals surface area contributed by atoms with Gasteiger partial charge in [0.25, 0.3) is 5.91 Å². The third-order valence-electron chi connectivity index (χ3n) is 12.9. The van der Waals surface area contributed by atoms with E-state index in [9.17, 15) is 19.5 Å². The third kappa shape index (κ3) is 6.20. The Morgan fingerprint density at radius 2 is 1.70 bits per heavy atom. The summed E-state index contributed by atoms with van der Waals surface area (Å²) in [5, 5.41) is 12.5. The highest BCUT2D eigenvalue weighted by Crippen LogP contribution is 2.47. The molecule has 1 aromatic heterocycles. The van der Waals surface area contributed by atoms with Crippen LogP contribution in [0.5, 0.6) is 17.2 Å². The summed E-state index contributed by atoms with van der Waals surface area (Å²) in [6, 6.07) is 23.8. The molecule has 1 unspecified atom stereocenters. The van der Waals surface area contributed by atoms with Crippen molar-refractivity contribution in [1.29, 1.82) is 0 Å². The number of pyridine rings is 1. The number of anilines is 2. The highest BCUT2D eigenvalue weighted by atomic mass is 16.5. The van der Waals surface area contributed by atoms with E-state index < -0.39 is 11.9 Å². The lowest BCUT2D eigenvalue weighted by Crippen LogP contribution is -2.58. The highest BCUT2D eigenvalue weighted by molar-refractivity contribution is 6.06. The molecule has 56 heavy (non-hydrogen) atoms. The zero-order valence-corrected chi connectivity index (χ0v) is 31.3. The maximum Gasteiger partial charge on any atom is 0.255 e. The number of nitrogens with one attached hydrogen (secondary N) is 1. The number of phenolic OH excluding ortho intramolecular Hbond substituents is 1. The Kier molecular flexibility index (Phi) is 8.80. The fraction of sp³-hybridized carbons (Fsp3) is 0.409. The minimum Gasteiger partial charge on any atom is -0.508 e. The molecule has 4 aromatic rings. The third-order valence-corrected chi connectivity index (χ3v) is 12.9. The fourth-order valence-electron chi connectivity index (χ4n) is 9.99. The van der Waals surface area contributed by atoms with Crippen LogP contribution in [0.15, 0.2) is 79.0 Å². The molecule has 288 valence electrons. The number of nitrogens with zero attached hydrogens (tertiary/aromatic N) is 5. The van der Waals surface area contributed by atoms with Crippen LogP contribution in [-0.4, -0.2) is 102 Å². The van der Waals surface area contributed by atoms with Crippen LogP contribution < -0.4 is 24.6 Å². The van der Waals surface area contributed by atoms with Gasteiger partial charge in [-0.25, -0.2) is 4.98 Å². The van der Waals surface area contributed by atoms with Crippen LogP contribution in [0.1, 0.15) is 70.1 Å². The molecule has 0 spiro atoms. The van der Waals surface area contributed by atoms with Gasteiger partial charge in [-0.3, -0.25) is 24.6 Å². The van der Waals surface area contributed by atoms with Crippen LogP contribution in [0.3, 0.4) is 0 Å². The van der Waals surface area contributed by atoms with Gasteiger partial charge in [0, 0.05) is 86.5 Å². The summed E-state index contributed by atoms with van der Waals surface area (Å²) in [4.78, 5) is 51.7. The predicted octanol–water partition coefficient (Wildman–Crippen LogP) is 4.66. The number of hydrogen-bond donors (Lipinski definition) is 2. The van der Waals surface area contributed by atoms with E-state index in [1.54, 1.807) is 17.0 Å². The second-order valence-corrected chi connectivity index (χ2v) is 16.2. The molecule has 0 aliphatic carbocycles. The summed E-state index contributed by atoms with van der Waals surface area (Å²) >= 11 is 0. The van der Waals surface area contributed by atoms with Gasteiger partial charge in [-0.1, -0.05) is 42.5 Å². The first-order chi connectivity index (χ1) is 27.4. The van der Waals surface area contributed by atoms with E-state index in [0.29, 0.717) is 37.7 Å². The van der Waals surface area contributed by atoms with Gasteiger partial charge < -0.3 is 29.3 Å². The van der Waals surface area contributed by atoms with Crippen LogP contribution >= 0.6 is 0 Å². The Bertz CT molecular complexity index is 2170. The molecular weight excluding hydrogens is 709 g/mol. The molecular formula is C44H46N6O6. The number of piperazine rings is 1. The van der Waals surface area contributed by atoms with Crippen molar-refractivity contribution < 1.29 is 29.0 Å². The monoisotopic (exact) mass is 754 g/mol. The average Bonchev–Trinajstić information content (AvgIpc) is 3.56. The van der Waals surface area contributed by atoms with Gasteiger partial charge >= 0.3 is 0 Å². The summed E-state index contributed by atoms with van der Waals surface area (Å²) in [7, 11) is 0. The van der Waals surface area contributed by atoms with Gasteiger partial charge in [0.15, 0.2) is 0 Å². The number of piperidine rings is 2. The molecule has 0 radical (unpaired) electrons. The number of amides is 3. The van der Waals surface area contributed by atoms with Crippen molar-refractivity contribution in [3.05, 3.63) is 107 Å². The van der Waals surface area contributed by atoms with Crippen molar-refractivity contribution in [2.75, 3.05) is 62.3 Å². The second-order valence-electron chi connectivity index (χ2n) is 16.2. The van der Waals surface area contributed by atoms with Crippen LogP contribution in [0, 0.1) is 5.92 Å². The van der Waals surface area contributed by atoms with Crippen molar-refractivity contribution in [3.8, 4) is 17.2 Å². The quantitative estimate of drug-likeness (QED) is 0.269. The smallest absolute Gasteiger partial charge is 0.255 e. The Balaban J connectivity index is 0.758. The van der Waals surface area contributed by atoms with Gasteiger partial charge in [-0.05, 0) is 60.6 Å². The largest absolute Gasteiger partial charge is 0.508 e. The number of aromatic nitrogens is 1. The summed E-state index contributed by atoms with van der Waals surface area (Å²) in [5.41, 5.74) is 5.91. The Morgan fingerprint density at radius 3 is 2.50 bits per heavy atom. The number of ether oxygens (including phenoxy) is 2. The van der Waals surface area contributed by atoms with E-state index in [0.717, 1.165) is 91.8 Å². The number of benzene rings is 3. The first kappa shape index (κ1) is 34.8. The van der Waals surface area contributed by atoms with Crippen molar-refractivity contribution >= 4 is 29.2 Å². The number of carbonyl (C=O) groups is 3. The average molecular weight is 755 g/mol. The topological polar surface area (TPSA) is 128 Å². The van der Waals surface area contributed by atoms with Crippen molar-refractivity contribution in [2.24, 2.45) is 5.92 Å². The molecule has 12 heteroatoms. The van der Waals surface area contributed by atoms with E-state index >= 15 is 0 Å². The zero-order chi connectivity index (χ0) is 37.9. The van der Waals surface area contributed by atoms with Gasteiger partial charge in [-0.15, -0.1) is 0 Å². The minimum absolute atomic E-state index is 0.0675. The zero-order valence-electron chi connectivity index (χ0n) is 31.3. The Hall–Kier alpha value is -5.62. The Labute approximate surface area is 326 Å². The number of phenols is 1. The van der Waals surface area contributed by atoms with E-state index in [1.807, 2.05) is 30.5 Å². The molecule has 0 saturated carbocycles. The first-order valence-electron chi connectivity index (χ1n) is 20.0. The van der Waals surface area contributed by atoms with Gasteiger partial charge in [0.05, 0.1) is 24.9 Å². The minimum atomic E-state index is -0.640. The molecule has 3 fully saturated rings. The molecule has 0 bridgehead atoms. The molecule has 12 nitrogen and oxygen atoms in total. The number of carbonyl (C=O) groups excluding carboxylic acids is 3. The lowest BCUT2D eigenvalue weighted by atomic mass is 9.76. The van der Waals surface area contributed by atoms with E-state index in [2.05, 4.69) is 56.4 Å². The fourth-order valence-corrected chi connectivity index (χ4v) is 9.99. The molecule has 3 aromatic carbocycles. The van der Waals surface area contributed by atoms with Crippen LogP contribution in [0.4, 0.5) is 11.5 Å². The predicted molar refractivity (Wildman–Crippen MR) is 209 cm³/mol. The van der Waals surface area contributed by atoms with Crippen molar-refractivity contribution in [2.45, 2.75) is 56.1 Å². The van der Waals surface area contributed by atoms with E-state index in [1.165, 1.54) is 5.56 Å². The van der Waals surface area contributed by atoms with Crippen molar-refractivity contribution in [1.82, 2.24) is 20.1 Å². The van der Waals surface area contributed by atoms with E-state index in [4.69, 9.17) is 14.5 Å². The molecule has 4 atom stereocenters. The number of aromatic hydroxyl groups is 1. The van der Waals surface area contributed by atoms with Gasteiger partial charge in [-0.2, -0.15) is 0 Å². The summed E-state index contributed by atoms with van der Waals surface area (Å²) in [6.07, 6.45) is 4.85. The molecule has 7 heterocycles. The van der Waals surface area contributed by atoms with Gasteiger partial charge in [0.2, 0.25) is 11.8 Å². The Morgan fingerprint density at radius 1 is 0.839 bits per heavy atom. The lowest BCUT2D eigenvalue weighted by Gasteiger charge is -2.47. The van der Waals surface area contributed by atoms with Crippen molar-refractivity contribution in [3.63, 3.8) is 0 Å². The summed E-state index contributed by atoms with van der Waals surface area (Å²) in [6.45, 7) is 7.22. The number of rotatable bonds is 6. The van der Waals surface area contributed by atoms with Crippen LogP contribution in [0.2, 0.25) is 0 Å². The molecule has 3 amide bonds. The number of imide groups is 1. The maximum atomic E-state index is 13.4. The van der Waals surface area contributed by atoms with Gasteiger partial charge in [0.1, 0.15) is 35.7 Å². The highest BCUT2D eigenvalue weighted by Gasteiger charge is 2.43. The standard InChI is InChI=1S/C44H46N6O6/c51-31-7-8-33-38(20-31)55-26-35(28-4-2-1-3-5-28)41(33)29-6-12-39(45-21-29)48-16-14-27(15-17-48)22-47-18-19-49-30(23-47)25-56-42-34-24-50(37-11-13-40(52)46-43(37)53)44(54)32(34)9-10-36(42)49/h1-10,12,20-21,27,30,35,37,41,51H,11,13-19,22-26H2,(H,46,52,53)/t30-,35-,37?,41-/m1/s1. The van der Waals surface area contributed by atoms with E-state index in [-0.39, 0.29) is 41.9 Å². The second kappa shape index (κ2) is 14.1. The summed E-state index contributed by atoms with van der Waals surface area (Å²) in [5.74, 6) is 2.68. The first-order valence-corrected chi connectivity index (χ1v) is 20.0. The molecule has 6 aliphatic rings. The molecule has 10 rings (SSSR count). The lowest BCUT2D eigenvalue weighted by molar-refractivity contribution is -0.136. The van der Waals surface area contributed by atoms with Crippen LogP contribution in [-0.2, 0) is 16.1 Å². The summed E-state index contributed by atoms with van der Waals surface area (Å²) < 4.78 is 12.6. The maximum absolute atomic E-state index is 13.4. The molecule has 6 aliphatic heterocycles. The normalized spacial score (nSPS) is 25.1. The molecule has 3 saturated heterocycles. The van der Waals surface area contributed by atoms with Crippen LogP contribution in [0.25, 0.3) is 0 Å². The number of hydrogen-bond acceptors (Lipinski definition) is 10. The number of fused-ring (bicyclic) bond motifs is 6.